The highest BCUT2D eigenvalue weighted by molar-refractivity contribution is 7.89. The Morgan fingerprint density at radius 3 is 2.16 bits per heavy atom. The van der Waals surface area contributed by atoms with E-state index < -0.39 is 27.7 Å². The van der Waals surface area contributed by atoms with E-state index in [4.69, 9.17) is 0 Å². The largest absolute Gasteiger partial charge is 0.295 e. The maximum Gasteiger partial charge on any atom is 0.240 e. The van der Waals surface area contributed by atoms with Crippen LogP contribution in [0.15, 0.2) is 77.7 Å². The van der Waals surface area contributed by atoms with Crippen molar-refractivity contribution in [1.29, 1.82) is 0 Å². The van der Waals surface area contributed by atoms with Gasteiger partial charge in [0.15, 0.2) is 0 Å². The second-order valence-electron chi connectivity index (χ2n) is 7.67. The normalized spacial score (nSPS) is 15.8. The van der Waals surface area contributed by atoms with Crippen molar-refractivity contribution >= 4 is 10.0 Å². The third-order valence-electron chi connectivity index (χ3n) is 5.64. The van der Waals surface area contributed by atoms with Crippen molar-refractivity contribution in [2.24, 2.45) is 0 Å². The van der Waals surface area contributed by atoms with Gasteiger partial charge in [-0.05, 0) is 55.3 Å². The Kier molecular flexibility index (Phi) is 6.46. The molecule has 31 heavy (non-hydrogen) atoms. The molecule has 3 aromatic rings. The number of halogens is 2. The second-order valence-corrected chi connectivity index (χ2v) is 9.43. The number of hydrogen-bond donors (Lipinski definition) is 1. The summed E-state index contributed by atoms with van der Waals surface area (Å²) in [5.41, 5.74) is 2.22. The molecular formula is C24H24F2N2O2S. The van der Waals surface area contributed by atoms with Crippen LogP contribution in [0.25, 0.3) is 11.1 Å². The predicted octanol–water partition coefficient (Wildman–Crippen LogP) is 4.75. The highest BCUT2D eigenvalue weighted by atomic mass is 32.2. The molecule has 4 rings (SSSR count). The highest BCUT2D eigenvalue weighted by Gasteiger charge is 2.28. The fourth-order valence-electron chi connectivity index (χ4n) is 3.99. The van der Waals surface area contributed by atoms with Gasteiger partial charge in [0.25, 0.3) is 0 Å². The monoisotopic (exact) mass is 442 g/mol. The molecule has 0 saturated carbocycles. The number of sulfonamides is 1. The van der Waals surface area contributed by atoms with Crippen LogP contribution in [0.3, 0.4) is 0 Å². The summed E-state index contributed by atoms with van der Waals surface area (Å²) < 4.78 is 56.2. The van der Waals surface area contributed by atoms with E-state index in [2.05, 4.69) is 4.72 Å². The average Bonchev–Trinajstić information content (AvgIpc) is 3.30. The number of benzene rings is 3. The summed E-state index contributed by atoms with van der Waals surface area (Å²) in [6.07, 6.45) is 1.93. The maximum atomic E-state index is 14.5. The molecule has 1 atom stereocenters. The SMILES string of the molecule is O=S(=O)(NC[C@@H](c1ccc(F)cc1F)N1CCCC1)c1ccc(-c2ccccc2)cc1. The van der Waals surface area contributed by atoms with E-state index in [0.29, 0.717) is 5.56 Å². The van der Waals surface area contributed by atoms with Crippen LogP contribution >= 0.6 is 0 Å². The molecule has 1 saturated heterocycles. The number of nitrogens with one attached hydrogen (secondary N) is 1. The van der Waals surface area contributed by atoms with Gasteiger partial charge in [0, 0.05) is 18.2 Å². The van der Waals surface area contributed by atoms with Crippen LogP contribution in [-0.2, 0) is 10.0 Å². The minimum Gasteiger partial charge on any atom is -0.295 e. The minimum absolute atomic E-state index is 0.00528. The van der Waals surface area contributed by atoms with Crippen molar-refractivity contribution in [3.63, 3.8) is 0 Å². The molecule has 1 fully saturated rings. The van der Waals surface area contributed by atoms with E-state index in [1.165, 1.54) is 12.1 Å². The maximum absolute atomic E-state index is 14.5. The highest BCUT2D eigenvalue weighted by Crippen LogP contribution is 2.28. The zero-order valence-electron chi connectivity index (χ0n) is 17.0. The smallest absolute Gasteiger partial charge is 0.240 e. The van der Waals surface area contributed by atoms with E-state index >= 15 is 0 Å². The van der Waals surface area contributed by atoms with Crippen LogP contribution in [0.2, 0.25) is 0 Å². The average molecular weight is 443 g/mol. The third-order valence-corrected chi connectivity index (χ3v) is 7.08. The first-order chi connectivity index (χ1) is 14.9. The van der Waals surface area contributed by atoms with Crippen LogP contribution in [0.4, 0.5) is 8.78 Å². The quantitative estimate of drug-likeness (QED) is 0.575. The van der Waals surface area contributed by atoms with Gasteiger partial charge in [0.2, 0.25) is 10.0 Å². The number of likely N-dealkylation sites (tertiary alicyclic amines) is 1. The Morgan fingerprint density at radius 2 is 1.52 bits per heavy atom. The molecule has 0 aliphatic carbocycles. The van der Waals surface area contributed by atoms with Gasteiger partial charge in [-0.3, -0.25) is 4.90 Å². The van der Waals surface area contributed by atoms with E-state index in [-0.39, 0.29) is 11.4 Å². The van der Waals surface area contributed by atoms with E-state index in [9.17, 15) is 17.2 Å². The van der Waals surface area contributed by atoms with Crippen molar-refractivity contribution in [2.75, 3.05) is 19.6 Å². The minimum atomic E-state index is -3.79. The molecule has 1 N–H and O–H groups in total. The summed E-state index contributed by atoms with van der Waals surface area (Å²) >= 11 is 0. The third kappa shape index (κ3) is 5.01. The predicted molar refractivity (Wildman–Crippen MR) is 117 cm³/mol. The van der Waals surface area contributed by atoms with Gasteiger partial charge in [0.05, 0.1) is 10.9 Å². The molecular weight excluding hydrogens is 418 g/mol. The number of hydrogen-bond acceptors (Lipinski definition) is 3. The van der Waals surface area contributed by atoms with Crippen molar-refractivity contribution < 1.29 is 17.2 Å². The molecule has 0 amide bonds. The first-order valence-corrected chi connectivity index (χ1v) is 11.8. The molecule has 0 radical (unpaired) electrons. The van der Waals surface area contributed by atoms with E-state index in [1.54, 1.807) is 24.3 Å². The van der Waals surface area contributed by atoms with Crippen molar-refractivity contribution in [2.45, 2.75) is 23.8 Å². The summed E-state index contributed by atoms with van der Waals surface area (Å²) in [5, 5.41) is 0. The van der Waals surface area contributed by atoms with Crippen LogP contribution in [0.1, 0.15) is 24.4 Å². The van der Waals surface area contributed by atoms with Crippen LogP contribution < -0.4 is 4.72 Å². The summed E-state index contributed by atoms with van der Waals surface area (Å²) in [4.78, 5) is 2.18. The molecule has 0 spiro atoms. The molecule has 0 aromatic heterocycles. The van der Waals surface area contributed by atoms with Crippen molar-refractivity contribution in [1.82, 2.24) is 9.62 Å². The van der Waals surface area contributed by atoms with Crippen LogP contribution in [-0.4, -0.2) is 33.0 Å². The van der Waals surface area contributed by atoms with Gasteiger partial charge in [-0.2, -0.15) is 0 Å². The Balaban J connectivity index is 1.53. The number of rotatable bonds is 7. The lowest BCUT2D eigenvalue weighted by atomic mass is 10.0. The fraction of sp³-hybridized carbons (Fsp3) is 0.250. The summed E-state index contributed by atoms with van der Waals surface area (Å²) in [7, 11) is -3.79. The summed E-state index contributed by atoms with van der Waals surface area (Å²) in [6, 6.07) is 19.3. The first kappa shape index (κ1) is 21.6. The molecule has 1 aliphatic heterocycles. The van der Waals surface area contributed by atoms with Gasteiger partial charge in [-0.15, -0.1) is 0 Å². The standard InChI is InChI=1S/C24H24F2N2O2S/c25-20-10-13-22(23(26)16-20)24(28-14-4-5-15-28)17-27-31(29,30)21-11-8-19(9-12-21)18-6-2-1-3-7-18/h1-3,6-13,16,24,27H,4-5,14-15,17H2/t24-/m0/s1. The molecule has 4 nitrogen and oxygen atoms in total. The lowest BCUT2D eigenvalue weighted by Gasteiger charge is -2.28. The van der Waals surface area contributed by atoms with Gasteiger partial charge >= 0.3 is 0 Å². The van der Waals surface area contributed by atoms with Gasteiger partial charge in [0.1, 0.15) is 11.6 Å². The Morgan fingerprint density at radius 1 is 0.871 bits per heavy atom. The number of nitrogens with zero attached hydrogens (tertiary/aromatic N) is 1. The zero-order valence-corrected chi connectivity index (χ0v) is 17.8. The van der Waals surface area contributed by atoms with Gasteiger partial charge in [-0.25, -0.2) is 21.9 Å². The van der Waals surface area contributed by atoms with Crippen molar-refractivity contribution in [3.8, 4) is 11.1 Å². The molecule has 3 aromatic carbocycles. The van der Waals surface area contributed by atoms with E-state index in [1.807, 2.05) is 35.2 Å². The Hall–Kier alpha value is -2.61. The molecule has 1 heterocycles. The molecule has 1 aliphatic rings. The van der Waals surface area contributed by atoms with Gasteiger partial charge in [-0.1, -0.05) is 48.5 Å². The molecule has 0 bridgehead atoms. The first-order valence-electron chi connectivity index (χ1n) is 10.3. The Labute approximate surface area is 181 Å². The van der Waals surface area contributed by atoms with E-state index in [0.717, 1.165) is 43.1 Å². The zero-order chi connectivity index (χ0) is 21.8. The molecule has 162 valence electrons. The molecule has 0 unspecified atom stereocenters. The lowest BCUT2D eigenvalue weighted by Crippen LogP contribution is -2.37. The Bertz CT molecular complexity index is 1130. The fourth-order valence-corrected chi connectivity index (χ4v) is 5.03. The van der Waals surface area contributed by atoms with Gasteiger partial charge < -0.3 is 0 Å². The van der Waals surface area contributed by atoms with Crippen LogP contribution in [0.5, 0.6) is 0 Å². The van der Waals surface area contributed by atoms with Crippen molar-refractivity contribution in [3.05, 3.63) is 90.0 Å². The lowest BCUT2D eigenvalue weighted by molar-refractivity contribution is 0.241. The summed E-state index contributed by atoms with van der Waals surface area (Å²) in [6.45, 7) is 1.50. The second kappa shape index (κ2) is 9.26. The molecule has 7 heteroatoms. The summed E-state index contributed by atoms with van der Waals surface area (Å²) in [5.74, 6) is -1.32. The van der Waals surface area contributed by atoms with Crippen LogP contribution in [0, 0.1) is 11.6 Å². The topological polar surface area (TPSA) is 49.4 Å².